The molecule has 0 spiro atoms. The number of nitrogens with zero attached hydrogens (tertiary/aromatic N) is 1. The molecule has 34 heavy (non-hydrogen) atoms. The van der Waals surface area contributed by atoms with E-state index in [1.807, 2.05) is 31.2 Å². The minimum atomic E-state index is -4.10. The lowest BCUT2D eigenvalue weighted by molar-refractivity contribution is -0.122. The summed E-state index contributed by atoms with van der Waals surface area (Å²) >= 11 is 6.18. The molecule has 0 aromatic heterocycles. The highest BCUT2D eigenvalue weighted by Crippen LogP contribution is 2.30. The molecule has 0 heterocycles. The molecule has 1 N–H and O–H groups in total. The Morgan fingerprint density at radius 2 is 1.82 bits per heavy atom. The fraction of sp³-hybridized carbons (Fsp3) is 0.269. The Morgan fingerprint density at radius 1 is 1.09 bits per heavy atom. The fourth-order valence-corrected chi connectivity index (χ4v) is 5.84. The molecule has 0 radical (unpaired) electrons. The van der Waals surface area contributed by atoms with Crippen LogP contribution in [0.3, 0.4) is 0 Å². The zero-order chi connectivity index (χ0) is 24.3. The van der Waals surface area contributed by atoms with Crippen molar-refractivity contribution in [3.63, 3.8) is 0 Å². The second-order valence-electron chi connectivity index (χ2n) is 8.50. The van der Waals surface area contributed by atoms with Gasteiger partial charge in [-0.2, -0.15) is 4.31 Å². The summed E-state index contributed by atoms with van der Waals surface area (Å²) in [5.74, 6) is -1.08. The van der Waals surface area contributed by atoms with Crippen molar-refractivity contribution in [1.29, 1.82) is 0 Å². The van der Waals surface area contributed by atoms with E-state index in [-0.39, 0.29) is 28.1 Å². The van der Waals surface area contributed by atoms with Crippen molar-refractivity contribution in [2.75, 3.05) is 6.54 Å². The van der Waals surface area contributed by atoms with Crippen molar-refractivity contribution in [2.45, 2.75) is 43.7 Å². The number of amides is 1. The van der Waals surface area contributed by atoms with Crippen molar-refractivity contribution in [2.24, 2.45) is 0 Å². The minimum absolute atomic E-state index is 0.0238. The number of benzene rings is 3. The molecule has 1 amide bonds. The standard InChI is InChI=1S/C26H26ClFN2O3S/c1-18-12-14-20(15-13-18)34(32,33)30(16-22-23(27)9-5-10-24(22)28)17-26(31)29-25-11-4-7-19-6-2-3-8-21(19)25/h2-3,5-6,8-10,12-15,25H,4,7,11,16-17H2,1H3,(H,29,31)/t25-/m0/s1. The summed E-state index contributed by atoms with van der Waals surface area (Å²) in [6.07, 6.45) is 2.65. The minimum Gasteiger partial charge on any atom is -0.348 e. The summed E-state index contributed by atoms with van der Waals surface area (Å²) in [6, 6.07) is 18.2. The highest BCUT2D eigenvalue weighted by molar-refractivity contribution is 7.89. The molecule has 0 unspecified atom stereocenters. The number of sulfonamides is 1. The van der Waals surface area contributed by atoms with E-state index in [0.717, 1.165) is 34.7 Å². The second kappa shape index (κ2) is 10.3. The molecule has 5 nitrogen and oxygen atoms in total. The zero-order valence-electron chi connectivity index (χ0n) is 18.8. The van der Waals surface area contributed by atoms with Gasteiger partial charge in [-0.05, 0) is 61.6 Å². The van der Waals surface area contributed by atoms with Gasteiger partial charge in [-0.25, -0.2) is 12.8 Å². The van der Waals surface area contributed by atoms with Crippen LogP contribution in [-0.2, 0) is 27.8 Å². The van der Waals surface area contributed by atoms with E-state index in [0.29, 0.717) is 0 Å². The first-order valence-electron chi connectivity index (χ1n) is 11.1. The van der Waals surface area contributed by atoms with Gasteiger partial charge in [0, 0.05) is 17.1 Å². The molecule has 0 bridgehead atoms. The van der Waals surface area contributed by atoms with Crippen LogP contribution in [-0.4, -0.2) is 25.2 Å². The number of hydrogen-bond acceptors (Lipinski definition) is 3. The lowest BCUT2D eigenvalue weighted by Gasteiger charge is -2.28. The fourth-order valence-electron chi connectivity index (χ4n) is 4.25. The van der Waals surface area contributed by atoms with Gasteiger partial charge in [0.2, 0.25) is 15.9 Å². The van der Waals surface area contributed by atoms with Gasteiger partial charge in [-0.1, -0.05) is 59.6 Å². The smallest absolute Gasteiger partial charge is 0.243 e. The first-order valence-corrected chi connectivity index (χ1v) is 12.9. The Labute approximate surface area is 204 Å². The summed E-state index contributed by atoms with van der Waals surface area (Å²) in [6.45, 7) is 1.03. The van der Waals surface area contributed by atoms with Crippen LogP contribution in [0.2, 0.25) is 5.02 Å². The molecule has 1 aliphatic rings. The number of nitrogens with one attached hydrogen (secondary N) is 1. The number of carbonyl (C=O) groups is 1. The number of aryl methyl sites for hydroxylation is 2. The van der Waals surface area contributed by atoms with E-state index in [1.54, 1.807) is 12.1 Å². The average Bonchev–Trinajstić information content (AvgIpc) is 2.81. The van der Waals surface area contributed by atoms with Crippen molar-refractivity contribution in [3.8, 4) is 0 Å². The molecular formula is C26H26ClFN2O3S. The van der Waals surface area contributed by atoms with Crippen LogP contribution >= 0.6 is 11.6 Å². The van der Waals surface area contributed by atoms with Crippen LogP contribution < -0.4 is 5.32 Å². The Morgan fingerprint density at radius 3 is 2.56 bits per heavy atom. The van der Waals surface area contributed by atoms with Gasteiger partial charge < -0.3 is 5.32 Å². The van der Waals surface area contributed by atoms with Gasteiger partial charge in [-0.3, -0.25) is 4.79 Å². The van der Waals surface area contributed by atoms with Crippen LogP contribution in [0.4, 0.5) is 4.39 Å². The molecule has 0 saturated carbocycles. The van der Waals surface area contributed by atoms with Gasteiger partial charge in [0.1, 0.15) is 5.82 Å². The van der Waals surface area contributed by atoms with E-state index >= 15 is 0 Å². The van der Waals surface area contributed by atoms with E-state index < -0.39 is 28.3 Å². The zero-order valence-corrected chi connectivity index (χ0v) is 20.4. The predicted octanol–water partition coefficient (Wildman–Crippen LogP) is 5.17. The Kier molecular flexibility index (Phi) is 7.36. The third-order valence-corrected chi connectivity index (χ3v) is 8.24. The van der Waals surface area contributed by atoms with E-state index in [9.17, 15) is 17.6 Å². The van der Waals surface area contributed by atoms with Gasteiger partial charge in [0.05, 0.1) is 17.5 Å². The van der Waals surface area contributed by atoms with Crippen molar-refractivity contribution in [3.05, 3.63) is 99.8 Å². The number of halogens is 2. The van der Waals surface area contributed by atoms with E-state index in [2.05, 4.69) is 5.32 Å². The largest absolute Gasteiger partial charge is 0.348 e. The molecule has 1 aliphatic carbocycles. The second-order valence-corrected chi connectivity index (χ2v) is 10.8. The molecule has 0 fully saturated rings. The number of carbonyl (C=O) groups excluding carboxylic acids is 1. The van der Waals surface area contributed by atoms with E-state index in [1.165, 1.54) is 35.9 Å². The molecule has 4 rings (SSSR count). The Balaban J connectivity index is 1.62. The molecule has 0 saturated heterocycles. The Bertz CT molecular complexity index is 1280. The normalized spacial score (nSPS) is 15.7. The summed E-state index contributed by atoms with van der Waals surface area (Å²) in [5.41, 5.74) is 3.15. The maximum absolute atomic E-state index is 14.5. The predicted molar refractivity (Wildman–Crippen MR) is 130 cm³/mol. The van der Waals surface area contributed by atoms with E-state index in [4.69, 9.17) is 11.6 Å². The molecule has 0 aliphatic heterocycles. The first-order chi connectivity index (χ1) is 16.3. The first kappa shape index (κ1) is 24.4. The van der Waals surface area contributed by atoms with Crippen molar-refractivity contribution in [1.82, 2.24) is 9.62 Å². The van der Waals surface area contributed by atoms with Crippen LogP contribution in [0.15, 0.2) is 71.6 Å². The summed E-state index contributed by atoms with van der Waals surface area (Å²) in [7, 11) is -4.10. The Hall–Kier alpha value is -2.74. The quantitative estimate of drug-likeness (QED) is 0.486. The third-order valence-electron chi connectivity index (χ3n) is 6.08. The topological polar surface area (TPSA) is 66.5 Å². The lowest BCUT2D eigenvalue weighted by atomic mass is 9.88. The maximum Gasteiger partial charge on any atom is 0.243 e. The molecule has 3 aromatic rings. The van der Waals surface area contributed by atoms with Gasteiger partial charge in [0.25, 0.3) is 0 Å². The van der Waals surface area contributed by atoms with Crippen LogP contribution in [0.25, 0.3) is 0 Å². The number of hydrogen-bond donors (Lipinski definition) is 1. The number of fused-ring (bicyclic) bond motifs is 1. The maximum atomic E-state index is 14.5. The summed E-state index contributed by atoms with van der Waals surface area (Å²) in [4.78, 5) is 13.1. The average molecular weight is 501 g/mol. The molecule has 8 heteroatoms. The summed E-state index contributed by atoms with van der Waals surface area (Å²) < 4.78 is 42.5. The lowest BCUT2D eigenvalue weighted by Crippen LogP contribution is -2.42. The highest BCUT2D eigenvalue weighted by Gasteiger charge is 2.30. The molecular weight excluding hydrogens is 475 g/mol. The molecule has 178 valence electrons. The number of rotatable bonds is 7. The van der Waals surface area contributed by atoms with Crippen molar-refractivity contribution < 1.29 is 17.6 Å². The molecule has 3 aromatic carbocycles. The van der Waals surface area contributed by atoms with Gasteiger partial charge in [0.15, 0.2) is 0 Å². The highest BCUT2D eigenvalue weighted by atomic mass is 35.5. The van der Waals surface area contributed by atoms with Crippen LogP contribution in [0, 0.1) is 12.7 Å². The van der Waals surface area contributed by atoms with Crippen LogP contribution in [0.5, 0.6) is 0 Å². The third kappa shape index (κ3) is 5.32. The SMILES string of the molecule is Cc1ccc(S(=O)(=O)N(CC(=O)N[C@H]2CCCc3ccccc32)Cc2c(F)cccc2Cl)cc1. The summed E-state index contributed by atoms with van der Waals surface area (Å²) in [5, 5.41) is 3.08. The monoisotopic (exact) mass is 500 g/mol. The van der Waals surface area contributed by atoms with Gasteiger partial charge in [-0.15, -0.1) is 0 Å². The van der Waals surface area contributed by atoms with Gasteiger partial charge >= 0.3 is 0 Å². The molecule has 1 atom stereocenters. The van der Waals surface area contributed by atoms with Crippen molar-refractivity contribution >= 4 is 27.5 Å². The van der Waals surface area contributed by atoms with Crippen LogP contribution in [0.1, 0.15) is 41.1 Å².